The summed E-state index contributed by atoms with van der Waals surface area (Å²) in [5.41, 5.74) is 0. The summed E-state index contributed by atoms with van der Waals surface area (Å²) in [5, 5.41) is 0. The molecule has 0 saturated heterocycles. The molecule has 0 unspecified atom stereocenters. The van der Waals surface area contributed by atoms with Gasteiger partial charge in [-0.25, -0.2) is 0 Å². The Morgan fingerprint density at radius 3 is 1.00 bits per heavy atom. The topological polar surface area (TPSA) is 0 Å². The molecule has 0 amide bonds. The molecule has 8 radical (unpaired) electrons. The fourth-order valence-electron chi connectivity index (χ4n) is 0. The van der Waals surface area contributed by atoms with Gasteiger partial charge in [0.15, 0.2) is 0 Å². The van der Waals surface area contributed by atoms with E-state index in [4.69, 9.17) is 0 Å². The first-order chi connectivity index (χ1) is 0. The van der Waals surface area contributed by atoms with Gasteiger partial charge < -0.3 is 0 Å². The van der Waals surface area contributed by atoms with E-state index in [9.17, 15) is 0 Å². The molecule has 0 saturated carbocycles. The van der Waals surface area contributed by atoms with Crippen LogP contribution >= 0.6 is 0 Å². The van der Waals surface area contributed by atoms with Gasteiger partial charge in [0, 0.05) is 36.4 Å². The van der Waals surface area contributed by atoms with Crippen LogP contribution in [-0.4, -0.2) is 19.4 Å². The minimum Gasteiger partial charge on any atom is -0.0776 e. The first kappa shape index (κ1) is 108. The zero-order valence-corrected chi connectivity index (χ0v) is 3.64. The molecule has 0 bridgehead atoms. The second-order valence-electron chi connectivity index (χ2n) is 0. The molecule has 0 N–H and O–H groups in total. The summed E-state index contributed by atoms with van der Waals surface area (Å²) >= 11 is 0. The van der Waals surface area contributed by atoms with Crippen LogP contribution in [0, 0.1) is 0 Å². The van der Waals surface area contributed by atoms with Crippen LogP contribution in [0.1, 0.15) is 7.43 Å². The molecule has 0 aliphatic rings. The van der Waals surface area contributed by atoms with Gasteiger partial charge in [0.2, 0.25) is 0 Å². The van der Waals surface area contributed by atoms with Crippen LogP contribution in [0.2, 0.25) is 0 Å². The van der Waals surface area contributed by atoms with Gasteiger partial charge in [-0.05, 0) is 0 Å². The van der Waals surface area contributed by atoms with Crippen molar-refractivity contribution in [1.82, 2.24) is 0 Å². The van der Waals surface area contributed by atoms with E-state index < -0.39 is 0 Å². The van der Waals surface area contributed by atoms with Crippen LogP contribution < -0.4 is 0 Å². The predicted octanol–water partition coefficient (Wildman–Crippen LogP) is -0.128. The van der Waals surface area contributed by atoms with Gasteiger partial charge in [0.25, 0.3) is 0 Å². The van der Waals surface area contributed by atoms with Crippen molar-refractivity contribution >= 4 is 19.4 Å². The van der Waals surface area contributed by atoms with Gasteiger partial charge in [-0.2, -0.15) is 0 Å². The van der Waals surface area contributed by atoms with Gasteiger partial charge in [0.1, 0.15) is 0 Å². The van der Waals surface area contributed by atoms with E-state index in [1.807, 2.05) is 0 Å². The fourth-order valence-corrected chi connectivity index (χ4v) is 0. The van der Waals surface area contributed by atoms with Gasteiger partial charge >= 0.3 is 0 Å². The molecule has 0 aromatic carbocycles. The predicted molar refractivity (Wildman–Crippen MR) is 18.2 cm³/mol. The van der Waals surface area contributed by atoms with Crippen LogP contribution in [0.5, 0.6) is 0 Å². The Labute approximate surface area is 44.4 Å². The molecule has 4 heavy (non-hydrogen) atoms. The van der Waals surface area contributed by atoms with Crippen molar-refractivity contribution < 1.29 is 17.1 Å². The summed E-state index contributed by atoms with van der Waals surface area (Å²) in [5.74, 6) is 0. The third-order valence-corrected chi connectivity index (χ3v) is 0. The molecule has 0 heterocycles. The minimum absolute atomic E-state index is 0. The first-order valence-electron chi connectivity index (χ1n) is 0. The summed E-state index contributed by atoms with van der Waals surface area (Å²) in [6.07, 6.45) is 0. The fraction of sp³-hybridized carbons (Fsp3) is 1.00. The quantitative estimate of drug-likeness (QED) is 0.381. The molecule has 22 valence electrons. The number of rotatable bonds is 0. The van der Waals surface area contributed by atoms with E-state index in [-0.39, 0.29) is 43.9 Å². The Bertz CT molecular complexity index is 8.00. The van der Waals surface area contributed by atoms with Crippen molar-refractivity contribution in [3.63, 3.8) is 0 Å². The van der Waals surface area contributed by atoms with Crippen LogP contribution in [0.3, 0.4) is 0 Å². The summed E-state index contributed by atoms with van der Waals surface area (Å²) in [6.45, 7) is 0. The third-order valence-electron chi connectivity index (χ3n) is 0. The molecule has 0 rings (SSSR count). The molecule has 0 fully saturated rings. The summed E-state index contributed by atoms with van der Waals surface area (Å²) in [6, 6.07) is 0. The monoisotopic (exact) mass is 110 g/mol. The van der Waals surface area contributed by atoms with Crippen molar-refractivity contribution in [2.75, 3.05) is 0 Å². The zero-order chi connectivity index (χ0) is 0. The Hall–Kier alpha value is 0.801. The maximum absolute atomic E-state index is 0. The summed E-state index contributed by atoms with van der Waals surface area (Å²) in [4.78, 5) is 0. The molecular formula is CH4BMnSi. The molecule has 0 aromatic rings. The maximum Gasteiger partial charge on any atom is 0 e. The van der Waals surface area contributed by atoms with Crippen LogP contribution in [0.15, 0.2) is 0 Å². The van der Waals surface area contributed by atoms with Gasteiger partial charge in [-0.1, -0.05) is 7.43 Å². The van der Waals surface area contributed by atoms with Crippen molar-refractivity contribution in [2.45, 2.75) is 7.43 Å². The maximum atomic E-state index is 0. The standard InChI is InChI=1S/CH4.B.Mn.Si/h1H4;;;. The zero-order valence-electron chi connectivity index (χ0n) is 1.46. The van der Waals surface area contributed by atoms with Crippen molar-refractivity contribution in [1.29, 1.82) is 0 Å². The van der Waals surface area contributed by atoms with Gasteiger partial charge in [-0.15, -0.1) is 0 Å². The summed E-state index contributed by atoms with van der Waals surface area (Å²) in [7, 11) is 0. The van der Waals surface area contributed by atoms with Crippen molar-refractivity contribution in [2.24, 2.45) is 0 Å². The van der Waals surface area contributed by atoms with Gasteiger partial charge in [-0.3, -0.25) is 0 Å². The van der Waals surface area contributed by atoms with Gasteiger partial charge in [0.05, 0.1) is 0 Å². The van der Waals surface area contributed by atoms with Crippen LogP contribution in [-0.2, 0) is 17.1 Å². The van der Waals surface area contributed by atoms with E-state index in [0.29, 0.717) is 0 Å². The molecular weight excluding hydrogens is 106 g/mol. The smallest absolute Gasteiger partial charge is 0 e. The Morgan fingerprint density at radius 1 is 1.00 bits per heavy atom. The molecule has 0 spiro atoms. The Balaban J connectivity index is 0. The molecule has 0 aliphatic carbocycles. The van der Waals surface area contributed by atoms with E-state index in [1.165, 1.54) is 0 Å². The molecule has 0 aliphatic heterocycles. The van der Waals surface area contributed by atoms with E-state index >= 15 is 0 Å². The van der Waals surface area contributed by atoms with E-state index in [0.717, 1.165) is 0 Å². The average molecular weight is 110 g/mol. The summed E-state index contributed by atoms with van der Waals surface area (Å²) < 4.78 is 0. The largest absolute Gasteiger partial charge is 0.0776 e. The molecule has 0 atom stereocenters. The van der Waals surface area contributed by atoms with Crippen molar-refractivity contribution in [3.05, 3.63) is 0 Å². The average Bonchev–Trinajstić information content (AvgIpc) is 0. The molecule has 0 aromatic heterocycles. The first-order valence-corrected chi connectivity index (χ1v) is 0. The Morgan fingerprint density at radius 2 is 1.00 bits per heavy atom. The second-order valence-corrected chi connectivity index (χ2v) is 0. The normalized spacial score (nSPS) is 0. The SMILES string of the molecule is C.[B].[Mn].[Si]. The Kier molecular flexibility index (Phi) is 1250. The third kappa shape index (κ3) is 14.2. The molecule has 0 nitrogen and oxygen atoms in total. The van der Waals surface area contributed by atoms with E-state index in [2.05, 4.69) is 0 Å². The molecule has 3 heteroatoms. The van der Waals surface area contributed by atoms with Crippen molar-refractivity contribution in [3.8, 4) is 0 Å². The minimum atomic E-state index is 0. The van der Waals surface area contributed by atoms with Crippen LogP contribution in [0.25, 0.3) is 0 Å². The number of hydrogen-bond donors (Lipinski definition) is 0. The number of hydrogen-bond acceptors (Lipinski definition) is 0. The van der Waals surface area contributed by atoms with E-state index in [1.54, 1.807) is 0 Å². The van der Waals surface area contributed by atoms with Crippen LogP contribution in [0.4, 0.5) is 0 Å². The second kappa shape index (κ2) is 46.5.